The third-order valence-electron chi connectivity index (χ3n) is 0. The minimum Gasteiger partial charge on any atom is -0.255 e. The van der Waals surface area contributed by atoms with Crippen LogP contribution in [0.4, 0.5) is 4.39 Å². The lowest BCUT2D eigenvalue weighted by Crippen LogP contribution is -1.11. The lowest BCUT2D eigenvalue weighted by Gasteiger charge is -1.10. The predicted molar refractivity (Wildman–Crippen MR) is 17.5 cm³/mol. The topological polar surface area (TPSA) is 47.7 Å². The van der Waals surface area contributed by atoms with Gasteiger partial charge in [0.1, 0.15) is 0 Å². The van der Waals surface area contributed by atoms with Crippen LogP contribution in [0.1, 0.15) is 0 Å². The summed E-state index contributed by atoms with van der Waals surface area (Å²) < 4.78 is 9.50. The number of nitrogens with one attached hydrogen (secondary N) is 2. The summed E-state index contributed by atoms with van der Waals surface area (Å²) in [6.45, 7) is 0. The summed E-state index contributed by atoms with van der Waals surface area (Å²) in [4.78, 5) is 0. The normalized spacial score (nSPS) is 2.80. The molecule has 0 aromatic carbocycles. The Bertz CT molecular complexity index is 28.6. The Kier molecular flexibility index (Phi) is 325. The molecule has 0 aromatic rings. The maximum Gasteiger partial charge on any atom is 0.0831 e. The molecule has 30 valence electrons. The standard InChI is InChI=1S/CH3F.CH2N2/c1-2;2-1-3/h1H3;2-3H. The molecule has 2 N–H and O–H groups in total. The molecule has 0 saturated heterocycles. The van der Waals surface area contributed by atoms with Gasteiger partial charge < -0.3 is 0 Å². The highest BCUT2D eigenvalue weighted by atomic mass is 19.1. The number of alkyl halides is 1. The Labute approximate surface area is 29.6 Å². The number of halogens is 1. The highest BCUT2D eigenvalue weighted by molar-refractivity contribution is 5.29. The summed E-state index contributed by atoms with van der Waals surface area (Å²) in [5.41, 5.74) is 0. The molecule has 2 nitrogen and oxygen atoms in total. The molecule has 5 heavy (non-hydrogen) atoms. The molecule has 0 spiro atoms. The van der Waals surface area contributed by atoms with Crippen molar-refractivity contribution in [2.45, 2.75) is 0 Å². The summed E-state index contributed by atoms with van der Waals surface area (Å²) in [5.74, 6) is 0. The smallest absolute Gasteiger partial charge is 0.0831 e. The van der Waals surface area contributed by atoms with Gasteiger partial charge >= 0.3 is 0 Å². The van der Waals surface area contributed by atoms with Crippen LogP contribution in [0.15, 0.2) is 0 Å². The molecular weight excluding hydrogens is 71.0 g/mol. The first-order chi connectivity index (χ1) is 2.41. The third-order valence-corrected chi connectivity index (χ3v) is 0. The van der Waals surface area contributed by atoms with E-state index in [9.17, 15) is 4.39 Å². The van der Waals surface area contributed by atoms with Crippen LogP contribution in [0.25, 0.3) is 0 Å². The highest BCUT2D eigenvalue weighted by Gasteiger charge is 0.935. The van der Waals surface area contributed by atoms with Gasteiger partial charge in [-0.05, 0) is 0 Å². The lowest BCUT2D eigenvalue weighted by atomic mass is 11.6. The zero-order chi connectivity index (χ0) is 4.71. The predicted octanol–water partition coefficient (Wildman–Crippen LogP) is 0.904. The Balaban J connectivity index is 0. The van der Waals surface area contributed by atoms with Crippen molar-refractivity contribution in [2.75, 3.05) is 7.18 Å². The van der Waals surface area contributed by atoms with Gasteiger partial charge in [0.2, 0.25) is 0 Å². The second kappa shape index (κ2) is 184. The van der Waals surface area contributed by atoms with Gasteiger partial charge in [-0.15, -0.1) is 0 Å². The Morgan fingerprint density at radius 1 is 1.40 bits per heavy atom. The molecule has 0 aliphatic heterocycles. The van der Waals surface area contributed by atoms with E-state index in [1.165, 1.54) is 6.01 Å². The summed E-state index contributed by atoms with van der Waals surface area (Å²) in [6.07, 6.45) is 0. The van der Waals surface area contributed by atoms with Crippen LogP contribution in [-0.2, 0) is 0 Å². The van der Waals surface area contributed by atoms with Crippen LogP contribution in [0, 0.1) is 10.8 Å². The molecule has 3 heteroatoms. The van der Waals surface area contributed by atoms with E-state index in [0.29, 0.717) is 7.18 Å². The number of hydrogen-bond acceptors (Lipinski definition) is 2. The van der Waals surface area contributed by atoms with Crippen LogP contribution in [0.2, 0.25) is 0 Å². The van der Waals surface area contributed by atoms with E-state index < -0.39 is 0 Å². The first-order valence-corrected chi connectivity index (χ1v) is 0.878. The van der Waals surface area contributed by atoms with Gasteiger partial charge in [-0.3, -0.25) is 4.39 Å². The zero-order valence-electron chi connectivity index (χ0n) is 2.88. The maximum atomic E-state index is 9.50. The minimum absolute atomic E-state index is 0.500. The first kappa shape index (κ1) is 8.85. The average Bonchev–Trinajstić information content (AvgIpc) is 1.46. The molecule has 0 fully saturated rings. The highest BCUT2D eigenvalue weighted by Crippen LogP contribution is 1.16. The van der Waals surface area contributed by atoms with Gasteiger partial charge in [0, 0.05) is 0 Å². The van der Waals surface area contributed by atoms with Gasteiger partial charge in [-0.2, -0.15) is 0 Å². The first-order valence-electron chi connectivity index (χ1n) is 0.878. The van der Waals surface area contributed by atoms with Gasteiger partial charge in [-0.1, -0.05) is 0 Å². The van der Waals surface area contributed by atoms with Crippen molar-refractivity contribution in [2.24, 2.45) is 0 Å². The van der Waals surface area contributed by atoms with Gasteiger partial charge in [0.25, 0.3) is 0 Å². The summed E-state index contributed by atoms with van der Waals surface area (Å²) in [5, 5.41) is 11.2. The molecule has 0 unspecified atom stereocenters. The number of rotatable bonds is 0. The van der Waals surface area contributed by atoms with Gasteiger partial charge in [-0.25, -0.2) is 10.8 Å². The average molecular weight is 76.1 g/mol. The van der Waals surface area contributed by atoms with E-state index in [-0.39, 0.29) is 0 Å². The van der Waals surface area contributed by atoms with Crippen LogP contribution in [0.5, 0.6) is 0 Å². The second-order valence-corrected chi connectivity index (χ2v) is 0.125. The van der Waals surface area contributed by atoms with Gasteiger partial charge in [0.15, 0.2) is 0 Å². The molecular formula is C2H5FN2. The fourth-order valence-corrected chi connectivity index (χ4v) is 0. The molecule has 0 amide bonds. The molecule has 0 aliphatic rings. The lowest BCUT2D eigenvalue weighted by molar-refractivity contribution is 0.636. The minimum atomic E-state index is 0.500. The maximum absolute atomic E-state index is 9.50. The van der Waals surface area contributed by atoms with Gasteiger partial charge in [0.05, 0.1) is 13.2 Å². The van der Waals surface area contributed by atoms with Crippen LogP contribution < -0.4 is 0 Å². The van der Waals surface area contributed by atoms with E-state index >= 15 is 0 Å². The van der Waals surface area contributed by atoms with Crippen LogP contribution in [0.3, 0.4) is 0 Å². The van der Waals surface area contributed by atoms with Crippen molar-refractivity contribution in [1.29, 1.82) is 10.8 Å². The fraction of sp³-hybridized carbons (Fsp3) is 0.500. The van der Waals surface area contributed by atoms with Crippen molar-refractivity contribution in [1.82, 2.24) is 0 Å². The van der Waals surface area contributed by atoms with Crippen molar-refractivity contribution in [3.05, 3.63) is 0 Å². The zero-order valence-corrected chi connectivity index (χ0v) is 2.88. The Morgan fingerprint density at radius 2 is 1.40 bits per heavy atom. The Hall–Kier alpha value is -0.690. The molecule has 0 rings (SSSR count). The van der Waals surface area contributed by atoms with E-state index in [1.807, 2.05) is 0 Å². The third kappa shape index (κ3) is 11.9. The van der Waals surface area contributed by atoms with E-state index in [0.717, 1.165) is 0 Å². The molecule has 0 heterocycles. The summed E-state index contributed by atoms with van der Waals surface area (Å²) >= 11 is 0. The van der Waals surface area contributed by atoms with E-state index in [2.05, 4.69) is 0 Å². The molecule has 0 aromatic heterocycles. The molecule has 0 bridgehead atoms. The van der Waals surface area contributed by atoms with Crippen molar-refractivity contribution in [3.63, 3.8) is 0 Å². The largest absolute Gasteiger partial charge is 0.255 e. The van der Waals surface area contributed by atoms with Crippen molar-refractivity contribution < 1.29 is 4.39 Å². The quantitative estimate of drug-likeness (QED) is 0.403. The number of hydrogen-bond donors (Lipinski definition) is 2. The molecule has 0 radical (unpaired) electrons. The molecule has 0 saturated carbocycles. The van der Waals surface area contributed by atoms with Crippen LogP contribution in [-0.4, -0.2) is 13.2 Å². The summed E-state index contributed by atoms with van der Waals surface area (Å²) in [7, 11) is 0.500. The summed E-state index contributed by atoms with van der Waals surface area (Å²) in [6, 6.07) is 1.25. The van der Waals surface area contributed by atoms with Crippen molar-refractivity contribution in [3.8, 4) is 0 Å². The van der Waals surface area contributed by atoms with E-state index in [1.54, 1.807) is 0 Å². The fourth-order valence-electron chi connectivity index (χ4n) is 0. The molecule has 0 atom stereocenters. The van der Waals surface area contributed by atoms with Crippen molar-refractivity contribution >= 4 is 6.01 Å². The Morgan fingerprint density at radius 3 is 1.40 bits per heavy atom. The van der Waals surface area contributed by atoms with Crippen LogP contribution >= 0.6 is 0 Å². The molecule has 0 aliphatic carbocycles. The second-order valence-electron chi connectivity index (χ2n) is 0.125. The SMILES string of the molecule is CF.N=C=N. The van der Waals surface area contributed by atoms with E-state index in [4.69, 9.17) is 10.8 Å². The monoisotopic (exact) mass is 76.0 g/mol.